The van der Waals surface area contributed by atoms with E-state index < -0.39 is 11.9 Å². The topological polar surface area (TPSA) is 75.5 Å². The van der Waals surface area contributed by atoms with E-state index in [4.69, 9.17) is 4.98 Å². The van der Waals surface area contributed by atoms with Crippen LogP contribution in [0.5, 0.6) is 0 Å². The second kappa shape index (κ2) is 8.53. The average Bonchev–Trinajstić information content (AvgIpc) is 3.43. The SMILES string of the molecule is CN(C)c1ncccc1-c1ncc2[nH]cc(Cc3ccc(-c4nc(C(F)(F)F)cn4C)cc3)c2n1. The van der Waals surface area contributed by atoms with Crippen LogP contribution >= 0.6 is 0 Å². The molecule has 4 heterocycles. The summed E-state index contributed by atoms with van der Waals surface area (Å²) in [7, 11) is 5.40. The van der Waals surface area contributed by atoms with Gasteiger partial charge < -0.3 is 14.5 Å². The smallest absolute Gasteiger partial charge is 0.362 e. The normalized spacial score (nSPS) is 11.8. The molecule has 0 spiro atoms. The number of benzene rings is 1. The van der Waals surface area contributed by atoms with Gasteiger partial charge in [-0.2, -0.15) is 13.2 Å². The van der Waals surface area contributed by atoms with Gasteiger partial charge in [-0.15, -0.1) is 0 Å². The van der Waals surface area contributed by atoms with Gasteiger partial charge in [0.05, 0.1) is 22.8 Å². The van der Waals surface area contributed by atoms with Crippen LogP contribution in [0.1, 0.15) is 16.8 Å². The van der Waals surface area contributed by atoms with E-state index in [9.17, 15) is 13.2 Å². The van der Waals surface area contributed by atoms with Crippen molar-refractivity contribution in [3.05, 3.63) is 78.0 Å². The van der Waals surface area contributed by atoms with Crippen molar-refractivity contribution in [2.45, 2.75) is 12.6 Å². The number of nitrogens with zero attached hydrogens (tertiary/aromatic N) is 6. The molecule has 0 aliphatic heterocycles. The van der Waals surface area contributed by atoms with E-state index in [-0.39, 0.29) is 5.82 Å². The molecule has 7 nitrogen and oxygen atoms in total. The Kier molecular flexibility index (Phi) is 5.50. The average molecular weight is 477 g/mol. The number of alkyl halides is 3. The summed E-state index contributed by atoms with van der Waals surface area (Å²) in [5.74, 6) is 1.63. The monoisotopic (exact) mass is 477 g/mol. The Morgan fingerprint density at radius 3 is 2.49 bits per heavy atom. The molecular weight excluding hydrogens is 455 g/mol. The van der Waals surface area contributed by atoms with Crippen molar-refractivity contribution in [2.24, 2.45) is 7.05 Å². The number of fused-ring (bicyclic) bond motifs is 1. The minimum atomic E-state index is -4.48. The van der Waals surface area contributed by atoms with Gasteiger partial charge in [-0.3, -0.25) is 0 Å². The zero-order chi connectivity index (χ0) is 24.7. The molecule has 0 unspecified atom stereocenters. The summed E-state index contributed by atoms with van der Waals surface area (Å²) in [5.41, 5.74) is 4.17. The summed E-state index contributed by atoms with van der Waals surface area (Å²) in [4.78, 5) is 22.7. The van der Waals surface area contributed by atoms with Gasteiger partial charge in [0.2, 0.25) is 0 Å². The van der Waals surface area contributed by atoms with Gasteiger partial charge in [0, 0.05) is 57.3 Å². The Hall–Kier alpha value is -4.21. The second-order valence-corrected chi connectivity index (χ2v) is 8.47. The molecule has 0 atom stereocenters. The van der Waals surface area contributed by atoms with Gasteiger partial charge >= 0.3 is 6.18 Å². The van der Waals surface area contributed by atoms with Crippen LogP contribution in [-0.4, -0.2) is 43.6 Å². The van der Waals surface area contributed by atoms with Crippen molar-refractivity contribution in [2.75, 3.05) is 19.0 Å². The first-order chi connectivity index (χ1) is 16.7. The highest BCUT2D eigenvalue weighted by Gasteiger charge is 2.34. The molecule has 10 heteroatoms. The zero-order valence-corrected chi connectivity index (χ0v) is 19.3. The number of anilines is 1. The maximum absolute atomic E-state index is 13.0. The van der Waals surface area contributed by atoms with Crippen LogP contribution in [-0.2, 0) is 19.6 Å². The summed E-state index contributed by atoms with van der Waals surface area (Å²) in [5, 5.41) is 0. The Labute approximate surface area is 199 Å². The quantitative estimate of drug-likeness (QED) is 0.381. The highest BCUT2D eigenvalue weighted by Crippen LogP contribution is 2.31. The van der Waals surface area contributed by atoms with Gasteiger partial charge in [0.1, 0.15) is 11.6 Å². The Morgan fingerprint density at radius 2 is 1.80 bits per heavy atom. The predicted octanol–water partition coefficient (Wildman–Crippen LogP) is 5.10. The minimum absolute atomic E-state index is 0.265. The number of H-pyrrole nitrogens is 1. The minimum Gasteiger partial charge on any atom is -0.362 e. The summed E-state index contributed by atoms with van der Waals surface area (Å²) >= 11 is 0. The van der Waals surface area contributed by atoms with Crippen molar-refractivity contribution < 1.29 is 13.2 Å². The lowest BCUT2D eigenvalue weighted by Gasteiger charge is -2.14. The largest absolute Gasteiger partial charge is 0.434 e. The molecule has 0 fully saturated rings. The molecule has 0 saturated carbocycles. The van der Waals surface area contributed by atoms with Gasteiger partial charge in [0.15, 0.2) is 11.5 Å². The van der Waals surface area contributed by atoms with E-state index >= 15 is 0 Å². The molecule has 1 N–H and O–H groups in total. The lowest BCUT2D eigenvalue weighted by molar-refractivity contribution is -0.140. The molecule has 5 aromatic rings. The molecule has 178 valence electrons. The lowest BCUT2D eigenvalue weighted by Crippen LogP contribution is -2.12. The Bertz CT molecular complexity index is 1500. The van der Waals surface area contributed by atoms with Gasteiger partial charge in [-0.05, 0) is 17.7 Å². The van der Waals surface area contributed by atoms with E-state index in [0.717, 1.165) is 39.7 Å². The molecule has 0 aliphatic rings. The molecule has 5 rings (SSSR count). The number of halogens is 3. The van der Waals surface area contributed by atoms with Gasteiger partial charge in [0.25, 0.3) is 0 Å². The van der Waals surface area contributed by atoms with Crippen LogP contribution in [0.4, 0.5) is 19.0 Å². The number of imidazole rings is 1. The number of hydrogen-bond acceptors (Lipinski definition) is 5. The van der Waals surface area contributed by atoms with Crippen molar-refractivity contribution in [1.82, 2.24) is 29.5 Å². The maximum Gasteiger partial charge on any atom is 0.434 e. The predicted molar refractivity (Wildman–Crippen MR) is 128 cm³/mol. The van der Waals surface area contributed by atoms with Crippen LogP contribution in [0, 0.1) is 0 Å². The van der Waals surface area contributed by atoms with Gasteiger partial charge in [-0.25, -0.2) is 19.9 Å². The molecule has 0 saturated heterocycles. The first-order valence-electron chi connectivity index (χ1n) is 10.9. The van der Waals surface area contributed by atoms with Crippen LogP contribution in [0.3, 0.4) is 0 Å². The molecular formula is C25H22F3N7. The third kappa shape index (κ3) is 4.34. The summed E-state index contributed by atoms with van der Waals surface area (Å²) in [6, 6.07) is 11.1. The molecule has 4 aromatic heterocycles. The number of pyridine rings is 1. The molecule has 0 bridgehead atoms. The van der Waals surface area contributed by atoms with Crippen molar-refractivity contribution in [3.8, 4) is 22.8 Å². The lowest BCUT2D eigenvalue weighted by atomic mass is 10.0. The molecule has 0 radical (unpaired) electrons. The fourth-order valence-electron chi connectivity index (χ4n) is 4.02. The van der Waals surface area contributed by atoms with Crippen molar-refractivity contribution in [3.63, 3.8) is 0 Å². The van der Waals surface area contributed by atoms with E-state index in [1.54, 1.807) is 31.6 Å². The third-order valence-corrected chi connectivity index (χ3v) is 5.72. The number of rotatable bonds is 5. The first kappa shape index (κ1) is 22.6. The first-order valence-corrected chi connectivity index (χ1v) is 10.9. The van der Waals surface area contributed by atoms with E-state index in [0.29, 0.717) is 17.8 Å². The number of aromatic nitrogens is 6. The summed E-state index contributed by atoms with van der Waals surface area (Å²) in [6.07, 6.45) is 2.51. The van der Waals surface area contributed by atoms with Gasteiger partial charge in [-0.1, -0.05) is 24.3 Å². The Balaban J connectivity index is 1.44. The van der Waals surface area contributed by atoms with Crippen molar-refractivity contribution in [1.29, 1.82) is 0 Å². The molecule has 0 amide bonds. The van der Waals surface area contributed by atoms with Crippen LogP contribution in [0.25, 0.3) is 33.8 Å². The fraction of sp³-hybridized carbons (Fsp3) is 0.200. The van der Waals surface area contributed by atoms with Crippen LogP contribution in [0.15, 0.2) is 61.2 Å². The third-order valence-electron chi connectivity index (χ3n) is 5.72. The molecule has 35 heavy (non-hydrogen) atoms. The fourth-order valence-corrected chi connectivity index (χ4v) is 4.02. The standard InChI is InChI=1S/C25H22F3N7/c1-34(2)24-18(5-4-10-29-24)22-31-13-19-21(33-22)17(12-30-19)11-15-6-8-16(9-7-15)23-32-20(14-35(23)3)25(26,27)28/h4-10,12-14,30H,11H2,1-3H3. The van der Waals surface area contributed by atoms with Crippen LogP contribution in [0.2, 0.25) is 0 Å². The second-order valence-electron chi connectivity index (χ2n) is 8.47. The number of hydrogen-bond donors (Lipinski definition) is 1. The molecule has 1 aromatic carbocycles. The number of aryl methyl sites for hydroxylation is 1. The van der Waals surface area contributed by atoms with E-state index in [1.165, 1.54) is 4.57 Å². The van der Waals surface area contributed by atoms with E-state index in [1.807, 2.05) is 49.5 Å². The van der Waals surface area contributed by atoms with Crippen molar-refractivity contribution >= 4 is 16.9 Å². The Morgan fingerprint density at radius 1 is 1.03 bits per heavy atom. The molecule has 0 aliphatic carbocycles. The maximum atomic E-state index is 13.0. The summed E-state index contributed by atoms with van der Waals surface area (Å²) in [6.45, 7) is 0. The highest BCUT2D eigenvalue weighted by atomic mass is 19.4. The zero-order valence-electron chi connectivity index (χ0n) is 19.3. The summed E-state index contributed by atoms with van der Waals surface area (Å²) < 4.78 is 40.4. The van der Waals surface area contributed by atoms with E-state index in [2.05, 4.69) is 19.9 Å². The van der Waals surface area contributed by atoms with Crippen LogP contribution < -0.4 is 4.90 Å². The highest BCUT2D eigenvalue weighted by molar-refractivity contribution is 5.82. The number of nitrogens with one attached hydrogen (secondary N) is 1. The number of aromatic amines is 1.